The average molecular weight is 373 g/mol. The second kappa shape index (κ2) is 4.64. The predicted molar refractivity (Wildman–Crippen MR) is 71.2 cm³/mol. The van der Waals surface area contributed by atoms with E-state index in [9.17, 15) is 13.5 Å². The van der Waals surface area contributed by atoms with Gasteiger partial charge in [0.15, 0.2) is 9.84 Å². The maximum absolute atomic E-state index is 11.5. The van der Waals surface area contributed by atoms with E-state index in [4.69, 9.17) is 5.73 Å². The second-order valence-corrected chi connectivity index (χ2v) is 10.2. The van der Waals surface area contributed by atoms with Crippen LogP contribution in [0.3, 0.4) is 0 Å². The van der Waals surface area contributed by atoms with Crippen LogP contribution in [0.1, 0.15) is 11.7 Å². The maximum Gasteiger partial charge on any atom is 0.210 e. The summed E-state index contributed by atoms with van der Waals surface area (Å²) >= 11 is 5.93. The van der Waals surface area contributed by atoms with Crippen LogP contribution >= 0.6 is 31.9 Å². The van der Waals surface area contributed by atoms with Crippen molar-refractivity contribution in [2.75, 3.05) is 12.0 Å². The largest absolute Gasteiger partial charge is 0.399 e. The minimum absolute atomic E-state index is 0.416. The number of sulfone groups is 1. The summed E-state index contributed by atoms with van der Waals surface area (Å²) in [6, 6.07) is 6.42. The summed E-state index contributed by atoms with van der Waals surface area (Å²) < 4.78 is 21.3. The molecule has 0 bridgehead atoms. The number of hydrogen-bond donors (Lipinski definition) is 2. The topological polar surface area (TPSA) is 80.4 Å². The summed E-state index contributed by atoms with van der Waals surface area (Å²) in [7, 11) is -3.52. The smallest absolute Gasteiger partial charge is 0.210 e. The zero-order chi connectivity index (χ0) is 12.6. The van der Waals surface area contributed by atoms with E-state index in [1.165, 1.54) is 6.07 Å². The van der Waals surface area contributed by atoms with Crippen molar-refractivity contribution >= 4 is 47.4 Å². The van der Waals surface area contributed by atoms with E-state index in [2.05, 4.69) is 31.9 Å². The third kappa shape index (κ3) is 2.77. The maximum atomic E-state index is 11.5. The van der Waals surface area contributed by atoms with Gasteiger partial charge in [-0.15, -0.1) is 0 Å². The molecular weight excluding hydrogens is 362 g/mol. The van der Waals surface area contributed by atoms with Gasteiger partial charge < -0.3 is 10.8 Å². The molecule has 1 aromatic carbocycles. The lowest BCUT2D eigenvalue weighted by molar-refractivity contribution is 0.189. The first-order chi connectivity index (χ1) is 7.16. The number of halogens is 2. The lowest BCUT2D eigenvalue weighted by Gasteiger charge is -2.25. The molecule has 0 fully saturated rings. The Bertz CT molecular complexity index is 487. The molecule has 0 aliphatic rings. The first-order valence-electron chi connectivity index (χ1n) is 4.27. The minimum Gasteiger partial charge on any atom is -0.399 e. The van der Waals surface area contributed by atoms with Crippen molar-refractivity contribution in [3.05, 3.63) is 29.8 Å². The van der Waals surface area contributed by atoms with Crippen LogP contribution < -0.4 is 5.73 Å². The number of aliphatic hydroxyl groups is 1. The average Bonchev–Trinajstić information content (AvgIpc) is 2.14. The van der Waals surface area contributed by atoms with Crippen LogP contribution in [0.4, 0.5) is 5.69 Å². The number of nitrogen functional groups attached to an aromatic ring is 1. The third-order valence-corrected chi connectivity index (χ3v) is 7.65. The van der Waals surface area contributed by atoms with Gasteiger partial charge in [0.05, 0.1) is 0 Å². The summed E-state index contributed by atoms with van der Waals surface area (Å²) in [6.07, 6.45) is -0.238. The fourth-order valence-corrected chi connectivity index (χ4v) is 2.20. The van der Waals surface area contributed by atoms with Crippen molar-refractivity contribution in [2.45, 2.75) is 8.67 Å². The molecule has 0 aromatic heterocycles. The highest BCUT2D eigenvalue weighted by molar-refractivity contribution is 9.27. The highest BCUT2D eigenvalue weighted by Gasteiger charge is 2.43. The molecule has 3 N–H and O–H groups in total. The first-order valence-corrected chi connectivity index (χ1v) is 7.75. The standard InChI is InChI=1S/C9H11Br2NO3S/c1-16(14,15)9(10,11)8(13)6-3-2-4-7(12)5-6/h2-5,8,13H,12H2,1H3/t8-/m0/s1. The molecule has 4 nitrogen and oxygen atoms in total. The van der Waals surface area contributed by atoms with Crippen molar-refractivity contribution in [3.8, 4) is 0 Å². The Kier molecular flexibility index (Phi) is 4.04. The number of aliphatic hydroxyl groups excluding tert-OH is 1. The number of alkyl halides is 2. The molecule has 0 saturated carbocycles. The normalized spacial score (nSPS) is 14.8. The number of nitrogens with two attached hydrogens (primary N) is 1. The molecule has 0 heterocycles. The Morgan fingerprint density at radius 2 is 2.00 bits per heavy atom. The van der Waals surface area contributed by atoms with Crippen LogP contribution in [-0.2, 0) is 9.84 Å². The van der Waals surface area contributed by atoms with E-state index in [1.54, 1.807) is 18.2 Å². The fraction of sp³-hybridized carbons (Fsp3) is 0.333. The molecule has 0 radical (unpaired) electrons. The number of benzene rings is 1. The van der Waals surface area contributed by atoms with Gasteiger partial charge in [-0.2, -0.15) is 0 Å². The minimum atomic E-state index is -3.52. The highest BCUT2D eigenvalue weighted by atomic mass is 79.9. The van der Waals surface area contributed by atoms with Crippen molar-refractivity contribution in [3.63, 3.8) is 0 Å². The van der Waals surface area contributed by atoms with Crippen LogP contribution in [0, 0.1) is 0 Å². The Morgan fingerprint density at radius 1 is 1.44 bits per heavy atom. The SMILES string of the molecule is CS(=O)(=O)C(Br)(Br)[C@@H](O)c1cccc(N)c1. The van der Waals surface area contributed by atoms with E-state index < -0.39 is 18.5 Å². The van der Waals surface area contributed by atoms with Crippen LogP contribution in [0.25, 0.3) is 0 Å². The van der Waals surface area contributed by atoms with Crippen LogP contribution in [0.2, 0.25) is 0 Å². The summed E-state index contributed by atoms with van der Waals surface area (Å²) in [4.78, 5) is 0. The second-order valence-electron chi connectivity index (χ2n) is 3.41. The summed E-state index contributed by atoms with van der Waals surface area (Å²) in [6.45, 7) is 0. The van der Waals surface area contributed by atoms with Crippen molar-refractivity contribution in [2.24, 2.45) is 0 Å². The van der Waals surface area contributed by atoms with Gasteiger partial charge in [0.2, 0.25) is 2.57 Å². The zero-order valence-corrected chi connectivity index (χ0v) is 12.4. The molecule has 1 aromatic rings. The van der Waals surface area contributed by atoms with Crippen molar-refractivity contribution in [1.82, 2.24) is 0 Å². The van der Waals surface area contributed by atoms with Gasteiger partial charge in [-0.1, -0.05) is 44.0 Å². The predicted octanol–water partition coefficient (Wildman–Crippen LogP) is 1.79. The lowest BCUT2D eigenvalue weighted by Crippen LogP contribution is -2.31. The Labute approximate surface area is 111 Å². The van der Waals surface area contributed by atoms with Crippen LogP contribution in [0.15, 0.2) is 24.3 Å². The molecule has 0 unspecified atom stereocenters. The van der Waals surface area contributed by atoms with E-state index in [0.717, 1.165) is 6.26 Å². The monoisotopic (exact) mass is 371 g/mol. The Balaban J connectivity index is 3.17. The van der Waals surface area contributed by atoms with Crippen LogP contribution in [-0.4, -0.2) is 22.3 Å². The van der Waals surface area contributed by atoms with E-state index >= 15 is 0 Å². The number of anilines is 1. The quantitative estimate of drug-likeness (QED) is 0.626. The highest BCUT2D eigenvalue weighted by Crippen LogP contribution is 2.43. The van der Waals surface area contributed by atoms with E-state index in [0.29, 0.717) is 11.3 Å². The molecule has 90 valence electrons. The summed E-state index contributed by atoms with van der Waals surface area (Å²) in [5, 5.41) is 9.98. The van der Waals surface area contributed by atoms with Gasteiger partial charge in [0.1, 0.15) is 6.10 Å². The van der Waals surface area contributed by atoms with Gasteiger partial charge in [-0.3, -0.25) is 0 Å². The Hall–Kier alpha value is -0.110. The van der Waals surface area contributed by atoms with Crippen molar-refractivity contribution < 1.29 is 13.5 Å². The van der Waals surface area contributed by atoms with Gasteiger partial charge in [0, 0.05) is 11.9 Å². The van der Waals surface area contributed by atoms with Crippen LogP contribution in [0.5, 0.6) is 0 Å². The van der Waals surface area contributed by atoms with Gasteiger partial charge in [-0.05, 0) is 17.7 Å². The number of hydrogen-bond acceptors (Lipinski definition) is 4. The Morgan fingerprint density at radius 3 is 2.44 bits per heavy atom. The summed E-state index contributed by atoms with van der Waals surface area (Å²) in [5.74, 6) is 0. The lowest BCUT2D eigenvalue weighted by atomic mass is 10.1. The zero-order valence-electron chi connectivity index (χ0n) is 8.39. The van der Waals surface area contributed by atoms with E-state index in [-0.39, 0.29) is 0 Å². The molecule has 0 amide bonds. The first kappa shape index (κ1) is 14.0. The molecule has 0 spiro atoms. The third-order valence-electron chi connectivity index (χ3n) is 2.04. The molecule has 1 rings (SSSR count). The molecule has 0 aliphatic carbocycles. The fourth-order valence-electron chi connectivity index (χ4n) is 1.13. The molecule has 7 heteroatoms. The number of rotatable bonds is 3. The van der Waals surface area contributed by atoms with E-state index in [1.807, 2.05) is 0 Å². The van der Waals surface area contributed by atoms with Crippen molar-refractivity contribution in [1.29, 1.82) is 0 Å². The van der Waals surface area contributed by atoms with Gasteiger partial charge in [-0.25, -0.2) is 8.42 Å². The molecule has 0 aliphatic heterocycles. The van der Waals surface area contributed by atoms with Gasteiger partial charge >= 0.3 is 0 Å². The van der Waals surface area contributed by atoms with Gasteiger partial charge in [0.25, 0.3) is 0 Å². The molecular formula is C9H11Br2NO3S. The summed E-state index contributed by atoms with van der Waals surface area (Å²) in [5.41, 5.74) is 6.43. The molecule has 1 atom stereocenters. The molecule has 0 saturated heterocycles. The molecule has 16 heavy (non-hydrogen) atoms.